The zero-order valence-electron chi connectivity index (χ0n) is 12.9. The van der Waals surface area contributed by atoms with Crippen molar-refractivity contribution < 1.29 is 13.9 Å². The Bertz CT molecular complexity index is 702. The van der Waals surface area contributed by atoms with Gasteiger partial charge < -0.3 is 19.8 Å². The van der Waals surface area contributed by atoms with Gasteiger partial charge in [0.2, 0.25) is 0 Å². The number of piperidine rings is 3. The molecule has 0 aliphatic carbocycles. The van der Waals surface area contributed by atoms with Gasteiger partial charge in [-0.15, -0.1) is 0 Å². The van der Waals surface area contributed by atoms with Crippen molar-refractivity contribution in [2.24, 2.45) is 11.7 Å². The molecule has 0 spiro atoms. The van der Waals surface area contributed by atoms with E-state index in [-0.39, 0.29) is 5.91 Å². The molecule has 2 bridgehead atoms. The zero-order valence-corrected chi connectivity index (χ0v) is 13.7. The first-order chi connectivity index (χ1) is 11.1. The molecule has 1 amide bonds. The molecule has 2 aromatic rings. The zero-order chi connectivity index (χ0) is 16.0. The summed E-state index contributed by atoms with van der Waals surface area (Å²) in [5.74, 6) is 0.876. The molecule has 0 radical (unpaired) electrons. The molecule has 122 valence electrons. The third kappa shape index (κ3) is 2.53. The van der Waals surface area contributed by atoms with Gasteiger partial charge in [-0.2, -0.15) is 0 Å². The molecule has 2 aromatic heterocycles. The number of carbonyl (C=O) groups is 1. The van der Waals surface area contributed by atoms with Gasteiger partial charge in [0.25, 0.3) is 5.91 Å². The molecule has 2 atom stereocenters. The summed E-state index contributed by atoms with van der Waals surface area (Å²) in [6.45, 7) is 4.55. The standard InChI is InChI=1S/C16H19N3O3S/c1-9-14(10-2-4-19(9)5-3-10)11-6-13(23-15(11)16(17)20)22-12-7-18-8-21-12/h6-10,14H,2-5H2,1H3,(H2,17,20)/t9-,14+/m0/s1. The lowest BCUT2D eigenvalue weighted by Crippen LogP contribution is -2.52. The molecular formula is C16H19N3O3S. The number of aromatic nitrogens is 1. The van der Waals surface area contributed by atoms with Gasteiger partial charge in [-0.25, -0.2) is 4.98 Å². The fraction of sp³-hybridized carbons (Fsp3) is 0.500. The average Bonchev–Trinajstić information content (AvgIpc) is 3.19. The molecule has 3 saturated heterocycles. The number of amides is 1. The van der Waals surface area contributed by atoms with E-state index in [9.17, 15) is 4.79 Å². The summed E-state index contributed by atoms with van der Waals surface area (Å²) < 4.78 is 10.8. The number of hydrogen-bond donors (Lipinski definition) is 1. The van der Waals surface area contributed by atoms with Crippen LogP contribution in [0.4, 0.5) is 0 Å². The molecule has 7 heteroatoms. The Hall–Kier alpha value is -1.86. The Morgan fingerprint density at radius 3 is 2.87 bits per heavy atom. The molecule has 6 nitrogen and oxygen atoms in total. The highest BCUT2D eigenvalue weighted by molar-refractivity contribution is 7.16. The molecule has 5 rings (SSSR count). The van der Waals surface area contributed by atoms with Gasteiger partial charge in [-0.05, 0) is 50.4 Å². The van der Waals surface area contributed by atoms with E-state index in [1.165, 1.54) is 36.8 Å². The molecule has 0 aromatic carbocycles. The number of fused-ring (bicyclic) bond motifs is 3. The summed E-state index contributed by atoms with van der Waals surface area (Å²) >= 11 is 1.29. The van der Waals surface area contributed by atoms with Gasteiger partial charge in [0.15, 0.2) is 11.5 Å². The van der Waals surface area contributed by atoms with Gasteiger partial charge in [-0.3, -0.25) is 4.79 Å². The van der Waals surface area contributed by atoms with E-state index < -0.39 is 0 Å². The van der Waals surface area contributed by atoms with Gasteiger partial charge in [0, 0.05) is 12.0 Å². The van der Waals surface area contributed by atoms with Crippen molar-refractivity contribution in [3.05, 3.63) is 29.1 Å². The quantitative estimate of drug-likeness (QED) is 0.930. The Kier molecular flexibility index (Phi) is 3.61. The monoisotopic (exact) mass is 333 g/mol. The summed E-state index contributed by atoms with van der Waals surface area (Å²) in [7, 11) is 0. The minimum Gasteiger partial charge on any atom is -0.414 e. The second kappa shape index (κ2) is 5.65. The van der Waals surface area contributed by atoms with Gasteiger partial charge in [0.1, 0.15) is 6.20 Å². The predicted octanol–water partition coefficient (Wildman–Crippen LogP) is 2.83. The Morgan fingerprint density at radius 2 is 2.26 bits per heavy atom. The van der Waals surface area contributed by atoms with Gasteiger partial charge >= 0.3 is 5.95 Å². The van der Waals surface area contributed by atoms with Crippen molar-refractivity contribution in [2.75, 3.05) is 13.1 Å². The number of oxazole rings is 1. The van der Waals surface area contributed by atoms with E-state index in [2.05, 4.69) is 16.8 Å². The van der Waals surface area contributed by atoms with E-state index in [1.54, 1.807) is 0 Å². The average molecular weight is 333 g/mol. The van der Waals surface area contributed by atoms with Crippen molar-refractivity contribution >= 4 is 17.2 Å². The van der Waals surface area contributed by atoms with Crippen LogP contribution in [0.2, 0.25) is 0 Å². The summed E-state index contributed by atoms with van der Waals surface area (Å²) in [5.41, 5.74) is 6.64. The predicted molar refractivity (Wildman–Crippen MR) is 85.9 cm³/mol. The molecule has 3 fully saturated rings. The number of hydrogen-bond acceptors (Lipinski definition) is 6. The van der Waals surface area contributed by atoms with Crippen LogP contribution in [0.25, 0.3) is 0 Å². The van der Waals surface area contributed by atoms with Crippen molar-refractivity contribution in [3.63, 3.8) is 0 Å². The fourth-order valence-corrected chi connectivity index (χ4v) is 4.97. The molecule has 3 aliphatic heterocycles. The number of thiophene rings is 1. The first-order valence-corrected chi connectivity index (χ1v) is 8.69. The van der Waals surface area contributed by atoms with E-state index in [1.807, 2.05) is 6.07 Å². The lowest BCUT2D eigenvalue weighted by atomic mass is 9.71. The summed E-state index contributed by atoms with van der Waals surface area (Å²) in [5, 5.41) is 0.620. The van der Waals surface area contributed by atoms with Crippen LogP contribution in [0.1, 0.15) is 40.9 Å². The first-order valence-electron chi connectivity index (χ1n) is 7.87. The second-order valence-electron chi connectivity index (χ2n) is 6.28. The fourth-order valence-electron chi connectivity index (χ4n) is 4.05. The maximum absolute atomic E-state index is 11.9. The summed E-state index contributed by atoms with van der Waals surface area (Å²) in [6.07, 6.45) is 5.18. The maximum Gasteiger partial charge on any atom is 0.311 e. The number of nitrogens with zero attached hydrogens (tertiary/aromatic N) is 2. The highest BCUT2D eigenvalue weighted by atomic mass is 32.1. The normalized spacial score (nSPS) is 29.6. The highest BCUT2D eigenvalue weighted by Crippen LogP contribution is 2.47. The second-order valence-corrected chi connectivity index (χ2v) is 7.29. The summed E-state index contributed by atoms with van der Waals surface area (Å²) in [6, 6.07) is 2.38. The molecule has 0 unspecified atom stereocenters. The third-order valence-electron chi connectivity index (χ3n) is 5.11. The molecule has 2 N–H and O–H groups in total. The molecule has 23 heavy (non-hydrogen) atoms. The van der Waals surface area contributed by atoms with E-state index >= 15 is 0 Å². The summed E-state index contributed by atoms with van der Waals surface area (Å²) in [4.78, 5) is 18.9. The van der Waals surface area contributed by atoms with Crippen molar-refractivity contribution in [3.8, 4) is 11.0 Å². The van der Waals surface area contributed by atoms with E-state index in [0.29, 0.717) is 33.8 Å². The number of carbonyl (C=O) groups excluding carboxylic acids is 1. The number of rotatable bonds is 4. The SMILES string of the molecule is C[C@H]1[C@@H](c2cc(Oc3cnco3)sc2C(N)=O)C2CCN1CC2. The van der Waals surface area contributed by atoms with Crippen LogP contribution in [-0.4, -0.2) is 34.9 Å². The van der Waals surface area contributed by atoms with Crippen LogP contribution in [0.15, 0.2) is 23.1 Å². The van der Waals surface area contributed by atoms with E-state index in [4.69, 9.17) is 14.9 Å². The minimum absolute atomic E-state index is 0.316. The van der Waals surface area contributed by atoms with Crippen LogP contribution in [0.5, 0.6) is 11.0 Å². The molecular weight excluding hydrogens is 314 g/mol. The van der Waals surface area contributed by atoms with Gasteiger partial charge in [0.05, 0.1) is 4.88 Å². The lowest BCUT2D eigenvalue weighted by Gasteiger charge is -2.50. The van der Waals surface area contributed by atoms with Crippen LogP contribution in [-0.2, 0) is 0 Å². The molecule has 5 heterocycles. The van der Waals surface area contributed by atoms with Crippen LogP contribution in [0, 0.1) is 5.92 Å². The topological polar surface area (TPSA) is 81.6 Å². The number of primary amides is 1. The van der Waals surface area contributed by atoms with Crippen LogP contribution in [0.3, 0.4) is 0 Å². The van der Waals surface area contributed by atoms with Crippen LogP contribution >= 0.6 is 11.3 Å². The largest absolute Gasteiger partial charge is 0.414 e. The van der Waals surface area contributed by atoms with Crippen molar-refractivity contribution in [1.29, 1.82) is 0 Å². The Morgan fingerprint density at radius 1 is 1.48 bits per heavy atom. The smallest absolute Gasteiger partial charge is 0.311 e. The lowest BCUT2D eigenvalue weighted by molar-refractivity contribution is 0.0348. The number of ether oxygens (including phenoxy) is 1. The maximum atomic E-state index is 11.9. The highest BCUT2D eigenvalue weighted by Gasteiger charge is 2.42. The Labute approximate surface area is 138 Å². The third-order valence-corrected chi connectivity index (χ3v) is 6.15. The molecule has 0 saturated carbocycles. The molecule has 3 aliphatic rings. The van der Waals surface area contributed by atoms with Crippen molar-refractivity contribution in [1.82, 2.24) is 9.88 Å². The minimum atomic E-state index is -0.388. The van der Waals surface area contributed by atoms with E-state index in [0.717, 1.165) is 18.7 Å². The number of nitrogens with two attached hydrogens (primary N) is 1. The Balaban J connectivity index is 1.69. The first kappa shape index (κ1) is 14.7. The van der Waals surface area contributed by atoms with Crippen molar-refractivity contribution in [2.45, 2.75) is 31.7 Å². The van der Waals surface area contributed by atoms with Gasteiger partial charge in [-0.1, -0.05) is 11.3 Å². The van der Waals surface area contributed by atoms with Crippen LogP contribution < -0.4 is 10.5 Å².